The molecule has 11 heteroatoms. The molecule has 0 fully saturated rings. The van der Waals surface area contributed by atoms with Crippen LogP contribution < -0.4 is 5.56 Å². The Bertz CT molecular complexity index is 1310. The highest BCUT2D eigenvalue weighted by Gasteiger charge is 2.33. The van der Waals surface area contributed by atoms with Gasteiger partial charge in [-0.25, -0.2) is 23.7 Å². The van der Waals surface area contributed by atoms with Gasteiger partial charge in [0.15, 0.2) is 22.9 Å². The van der Waals surface area contributed by atoms with Crippen molar-refractivity contribution in [3.8, 4) is 0 Å². The molecule has 1 N–H and O–H groups in total. The number of pyridine rings is 1. The summed E-state index contributed by atoms with van der Waals surface area (Å²) in [5.41, 5.74) is -0.358. The van der Waals surface area contributed by atoms with E-state index in [2.05, 4.69) is 19.9 Å². The summed E-state index contributed by atoms with van der Waals surface area (Å²) >= 11 is 0. The molecular weight excluding hydrogens is 409 g/mol. The number of alkyl halides is 3. The second kappa shape index (κ2) is 7.15. The van der Waals surface area contributed by atoms with Crippen molar-refractivity contribution in [3.63, 3.8) is 0 Å². The third-order valence-corrected chi connectivity index (χ3v) is 4.71. The molecule has 0 saturated heterocycles. The first-order chi connectivity index (χ1) is 14.1. The first kappa shape index (κ1) is 19.9. The van der Waals surface area contributed by atoms with Gasteiger partial charge >= 0.3 is 6.18 Å². The number of fused-ring (bicyclic) bond motifs is 2. The first-order valence-electron chi connectivity index (χ1n) is 8.88. The van der Waals surface area contributed by atoms with E-state index in [0.717, 1.165) is 6.07 Å². The fourth-order valence-electron chi connectivity index (χ4n) is 3.48. The van der Waals surface area contributed by atoms with Gasteiger partial charge in [-0.05, 0) is 17.7 Å². The van der Waals surface area contributed by atoms with E-state index >= 15 is 0 Å². The van der Waals surface area contributed by atoms with Crippen molar-refractivity contribution in [2.24, 2.45) is 0 Å². The van der Waals surface area contributed by atoms with Gasteiger partial charge in [0, 0.05) is 29.8 Å². The second-order valence-corrected chi connectivity index (χ2v) is 6.92. The van der Waals surface area contributed by atoms with Gasteiger partial charge in [0.1, 0.15) is 5.82 Å². The van der Waals surface area contributed by atoms with Crippen LogP contribution in [0.15, 0.2) is 35.4 Å². The fourth-order valence-corrected chi connectivity index (χ4v) is 3.48. The largest absolute Gasteiger partial charge is 0.389 e. The van der Waals surface area contributed by atoms with Crippen LogP contribution in [0.3, 0.4) is 0 Å². The maximum Gasteiger partial charge on any atom is 0.389 e. The summed E-state index contributed by atoms with van der Waals surface area (Å²) in [6.45, 7) is 1.24. The molecular formula is C19H14F5N5O. The highest BCUT2D eigenvalue weighted by Crippen LogP contribution is 2.32. The molecule has 30 heavy (non-hydrogen) atoms. The maximum atomic E-state index is 14.2. The lowest BCUT2D eigenvalue weighted by atomic mass is 10.1. The number of rotatable bonds is 4. The predicted molar refractivity (Wildman–Crippen MR) is 98.0 cm³/mol. The molecule has 156 valence electrons. The summed E-state index contributed by atoms with van der Waals surface area (Å²) in [4.78, 5) is 26.7. The number of nitrogens with one attached hydrogen (secondary N) is 1. The molecule has 0 radical (unpaired) electrons. The molecule has 4 aromatic rings. The molecule has 1 unspecified atom stereocenters. The third-order valence-electron chi connectivity index (χ3n) is 4.71. The van der Waals surface area contributed by atoms with Crippen molar-refractivity contribution < 1.29 is 22.0 Å². The number of aromatic amines is 1. The van der Waals surface area contributed by atoms with Crippen molar-refractivity contribution in [3.05, 3.63) is 64.0 Å². The molecule has 1 aromatic carbocycles. The number of hydrogen-bond acceptors (Lipinski definition) is 4. The molecule has 3 aromatic heterocycles. The quantitative estimate of drug-likeness (QED) is 0.503. The number of aromatic nitrogens is 5. The highest BCUT2D eigenvalue weighted by molar-refractivity contribution is 5.82. The number of benzene rings is 1. The van der Waals surface area contributed by atoms with Gasteiger partial charge in [0.25, 0.3) is 0 Å². The smallest absolute Gasteiger partial charge is 0.319 e. The van der Waals surface area contributed by atoms with E-state index in [0.29, 0.717) is 0 Å². The zero-order valence-corrected chi connectivity index (χ0v) is 15.5. The number of halogens is 5. The van der Waals surface area contributed by atoms with Crippen LogP contribution in [0, 0.1) is 11.6 Å². The summed E-state index contributed by atoms with van der Waals surface area (Å²) in [5, 5.41) is 0.216. The second-order valence-electron chi connectivity index (χ2n) is 6.92. The lowest BCUT2D eigenvalue weighted by Crippen LogP contribution is -2.17. The van der Waals surface area contributed by atoms with Crippen LogP contribution in [0.1, 0.15) is 30.7 Å². The topological polar surface area (TPSA) is 76.5 Å². The lowest BCUT2D eigenvalue weighted by Gasteiger charge is -2.16. The van der Waals surface area contributed by atoms with Crippen molar-refractivity contribution >= 4 is 22.2 Å². The first-order valence-corrected chi connectivity index (χ1v) is 8.88. The summed E-state index contributed by atoms with van der Waals surface area (Å²) in [6, 6.07) is 3.39. The van der Waals surface area contributed by atoms with Gasteiger partial charge in [-0.15, -0.1) is 0 Å². The molecule has 0 saturated carbocycles. The minimum atomic E-state index is -4.42. The van der Waals surface area contributed by atoms with Gasteiger partial charge in [-0.3, -0.25) is 4.79 Å². The Kier molecular flexibility index (Phi) is 4.75. The number of hydrogen-bond donors (Lipinski definition) is 1. The van der Waals surface area contributed by atoms with Crippen LogP contribution in [-0.4, -0.2) is 30.7 Å². The SMILES string of the molecule is CC(CC(F)(F)F)c1nc2nccnc2n1Cc1cc(=O)[nH]c2c(F)c(F)ccc12. The van der Waals surface area contributed by atoms with Gasteiger partial charge in [-0.1, -0.05) is 6.92 Å². The van der Waals surface area contributed by atoms with E-state index in [1.807, 2.05) is 0 Å². The summed E-state index contributed by atoms with van der Waals surface area (Å²) in [7, 11) is 0. The number of imidazole rings is 1. The summed E-state index contributed by atoms with van der Waals surface area (Å²) in [5.74, 6) is -3.30. The standard InChI is InChI=1S/C19H14F5N5O/c1-9(7-19(22,23)24)17-28-16-18(26-5-4-25-16)29(17)8-10-6-13(30)27-15-11(10)2-3-12(20)14(15)21/h2-6,9H,7-8H2,1H3,(H,27,30). The van der Waals surface area contributed by atoms with Gasteiger partial charge in [0.2, 0.25) is 5.56 Å². The average molecular weight is 423 g/mol. The van der Waals surface area contributed by atoms with Crippen LogP contribution in [0.5, 0.6) is 0 Å². The van der Waals surface area contributed by atoms with E-state index in [-0.39, 0.29) is 40.1 Å². The minimum Gasteiger partial charge on any atom is -0.319 e. The lowest BCUT2D eigenvalue weighted by molar-refractivity contribution is -0.138. The predicted octanol–water partition coefficient (Wildman–Crippen LogP) is 4.05. The Morgan fingerprint density at radius 3 is 2.63 bits per heavy atom. The molecule has 3 heterocycles. The van der Waals surface area contributed by atoms with E-state index < -0.39 is 35.7 Å². The zero-order chi connectivity index (χ0) is 21.6. The average Bonchev–Trinajstić information content (AvgIpc) is 3.02. The minimum absolute atomic E-state index is 0.0736. The summed E-state index contributed by atoms with van der Waals surface area (Å²) in [6.07, 6.45) is -2.81. The van der Waals surface area contributed by atoms with Crippen molar-refractivity contribution in [2.45, 2.75) is 32.0 Å². The Hall–Kier alpha value is -3.37. The molecule has 0 bridgehead atoms. The van der Waals surface area contributed by atoms with E-state index in [1.54, 1.807) is 0 Å². The Morgan fingerprint density at radius 2 is 1.90 bits per heavy atom. The van der Waals surface area contributed by atoms with Crippen molar-refractivity contribution in [1.82, 2.24) is 24.5 Å². The third kappa shape index (κ3) is 3.62. The Morgan fingerprint density at radius 1 is 1.17 bits per heavy atom. The maximum absolute atomic E-state index is 14.2. The molecule has 6 nitrogen and oxygen atoms in total. The highest BCUT2D eigenvalue weighted by atomic mass is 19.4. The molecule has 0 aliphatic rings. The molecule has 4 rings (SSSR count). The number of nitrogens with zero attached hydrogens (tertiary/aromatic N) is 4. The molecule has 0 aliphatic heterocycles. The van der Waals surface area contributed by atoms with Crippen LogP contribution in [0.2, 0.25) is 0 Å². The fraction of sp³-hybridized carbons (Fsp3) is 0.263. The molecule has 0 aliphatic carbocycles. The molecule has 0 spiro atoms. The van der Waals surface area contributed by atoms with Gasteiger partial charge in [-0.2, -0.15) is 13.2 Å². The molecule has 0 amide bonds. The summed E-state index contributed by atoms with van der Waals surface area (Å²) < 4.78 is 68.0. The molecule has 1 atom stereocenters. The van der Waals surface area contributed by atoms with Crippen molar-refractivity contribution in [2.75, 3.05) is 0 Å². The Balaban J connectivity index is 1.90. The van der Waals surface area contributed by atoms with E-state index in [9.17, 15) is 26.7 Å². The van der Waals surface area contributed by atoms with Gasteiger partial charge in [0.05, 0.1) is 18.5 Å². The van der Waals surface area contributed by atoms with Gasteiger partial charge < -0.3 is 9.55 Å². The van der Waals surface area contributed by atoms with Crippen LogP contribution in [-0.2, 0) is 6.54 Å². The normalized spacial score (nSPS) is 13.3. The van der Waals surface area contributed by atoms with Crippen molar-refractivity contribution in [1.29, 1.82) is 0 Å². The monoisotopic (exact) mass is 423 g/mol. The zero-order valence-electron chi connectivity index (χ0n) is 15.5. The number of H-pyrrole nitrogens is 1. The van der Waals surface area contributed by atoms with Crippen LogP contribution in [0.4, 0.5) is 22.0 Å². The van der Waals surface area contributed by atoms with Crippen LogP contribution in [0.25, 0.3) is 22.2 Å². The van der Waals surface area contributed by atoms with Crippen LogP contribution >= 0.6 is 0 Å². The Labute approximate surface area is 165 Å². The van der Waals surface area contributed by atoms with E-state index in [4.69, 9.17) is 0 Å². The van der Waals surface area contributed by atoms with E-state index in [1.165, 1.54) is 36.0 Å².